The zero-order valence-electron chi connectivity index (χ0n) is 14.1. The Hall–Kier alpha value is -3.08. The summed E-state index contributed by atoms with van der Waals surface area (Å²) in [7, 11) is 0. The molecule has 0 aliphatic carbocycles. The van der Waals surface area contributed by atoms with Gasteiger partial charge >= 0.3 is 0 Å². The number of aromatic nitrogens is 1. The molecule has 0 saturated carbocycles. The van der Waals surface area contributed by atoms with Gasteiger partial charge in [-0.05, 0) is 23.2 Å². The van der Waals surface area contributed by atoms with E-state index in [0.717, 1.165) is 11.1 Å². The molecule has 5 heteroatoms. The Bertz CT molecular complexity index is 800. The highest BCUT2D eigenvalue weighted by molar-refractivity contribution is 5.91. The average Bonchev–Trinajstić information content (AvgIpc) is 3.14. The molecule has 0 bridgehead atoms. The molecule has 0 spiro atoms. The van der Waals surface area contributed by atoms with E-state index in [0.29, 0.717) is 25.6 Å². The molecular weight excluding hydrogens is 316 g/mol. The predicted octanol–water partition coefficient (Wildman–Crippen LogP) is 3.92. The van der Waals surface area contributed by atoms with Crippen molar-refractivity contribution >= 4 is 5.91 Å². The molecule has 0 saturated heterocycles. The summed E-state index contributed by atoms with van der Waals surface area (Å²) >= 11 is 0. The first-order chi connectivity index (χ1) is 12.3. The first-order valence-corrected chi connectivity index (χ1v) is 8.23. The molecule has 128 valence electrons. The molecule has 0 radical (unpaired) electrons. The summed E-state index contributed by atoms with van der Waals surface area (Å²) in [5.74, 6) is 0.289. The summed E-state index contributed by atoms with van der Waals surface area (Å²) < 4.78 is 10.7. The lowest BCUT2D eigenvalue weighted by Crippen LogP contribution is -2.29. The van der Waals surface area contributed by atoms with Crippen LogP contribution in [-0.4, -0.2) is 22.5 Å². The lowest BCUT2D eigenvalue weighted by molar-refractivity contribution is 0.0710. The first-order valence-electron chi connectivity index (χ1n) is 8.23. The molecule has 1 aromatic heterocycles. The standard InChI is InChI=1S/C20H20N2O3/c1-2-22(14-16-9-5-3-6-10-16)20(23)18-13-19(21-25-18)24-15-17-11-7-4-8-12-17/h3-13H,2,14-15H2,1H3. The molecule has 3 rings (SSSR count). The predicted molar refractivity (Wildman–Crippen MR) is 94.1 cm³/mol. The molecule has 1 heterocycles. The van der Waals surface area contributed by atoms with Crippen molar-refractivity contribution in [2.75, 3.05) is 6.54 Å². The molecule has 0 aliphatic rings. The number of carbonyl (C=O) groups excluding carboxylic acids is 1. The van der Waals surface area contributed by atoms with Crippen molar-refractivity contribution in [1.29, 1.82) is 0 Å². The minimum atomic E-state index is -0.201. The van der Waals surface area contributed by atoms with Crippen molar-refractivity contribution in [2.24, 2.45) is 0 Å². The van der Waals surface area contributed by atoms with E-state index in [2.05, 4.69) is 5.16 Å². The van der Waals surface area contributed by atoms with Crippen molar-refractivity contribution in [3.8, 4) is 5.88 Å². The Morgan fingerprint density at radius 1 is 1.04 bits per heavy atom. The van der Waals surface area contributed by atoms with Gasteiger partial charge in [-0.2, -0.15) is 0 Å². The molecule has 5 nitrogen and oxygen atoms in total. The van der Waals surface area contributed by atoms with Crippen LogP contribution in [0.15, 0.2) is 71.3 Å². The van der Waals surface area contributed by atoms with E-state index in [1.807, 2.05) is 67.6 Å². The third kappa shape index (κ3) is 4.47. The molecule has 2 aromatic carbocycles. The molecule has 3 aromatic rings. The minimum absolute atomic E-state index is 0.181. The molecule has 25 heavy (non-hydrogen) atoms. The maximum Gasteiger partial charge on any atom is 0.292 e. The van der Waals surface area contributed by atoms with Gasteiger partial charge in [-0.1, -0.05) is 60.7 Å². The van der Waals surface area contributed by atoms with Gasteiger partial charge in [0.05, 0.1) is 6.07 Å². The van der Waals surface area contributed by atoms with Crippen molar-refractivity contribution in [1.82, 2.24) is 10.1 Å². The maximum absolute atomic E-state index is 12.6. The van der Waals surface area contributed by atoms with Gasteiger partial charge in [0.1, 0.15) is 6.61 Å². The summed E-state index contributed by atoms with van der Waals surface area (Å²) in [4.78, 5) is 14.3. The molecular formula is C20H20N2O3. The zero-order chi connectivity index (χ0) is 17.5. The highest BCUT2D eigenvalue weighted by Crippen LogP contribution is 2.16. The van der Waals surface area contributed by atoms with Crippen LogP contribution in [0, 0.1) is 0 Å². The Morgan fingerprint density at radius 2 is 1.68 bits per heavy atom. The Morgan fingerprint density at radius 3 is 2.32 bits per heavy atom. The number of hydrogen-bond donors (Lipinski definition) is 0. The van der Waals surface area contributed by atoms with Crippen LogP contribution in [0.25, 0.3) is 0 Å². The summed E-state index contributed by atoms with van der Waals surface area (Å²) in [6.07, 6.45) is 0. The third-order valence-electron chi connectivity index (χ3n) is 3.81. The largest absolute Gasteiger partial charge is 0.471 e. The normalized spacial score (nSPS) is 10.4. The van der Waals surface area contributed by atoms with E-state index in [1.54, 1.807) is 11.0 Å². The van der Waals surface area contributed by atoms with Gasteiger partial charge in [-0.25, -0.2) is 0 Å². The molecule has 1 amide bonds. The maximum atomic E-state index is 12.6. The second-order valence-electron chi connectivity index (χ2n) is 5.61. The highest BCUT2D eigenvalue weighted by Gasteiger charge is 2.20. The van der Waals surface area contributed by atoms with Gasteiger partial charge < -0.3 is 14.2 Å². The quantitative estimate of drug-likeness (QED) is 0.656. The van der Waals surface area contributed by atoms with Gasteiger partial charge in [0, 0.05) is 13.1 Å². The van der Waals surface area contributed by atoms with E-state index < -0.39 is 0 Å². The fourth-order valence-electron chi connectivity index (χ4n) is 2.45. The molecule has 0 unspecified atom stereocenters. The summed E-state index contributed by atoms with van der Waals surface area (Å²) in [6, 6.07) is 21.1. The van der Waals surface area contributed by atoms with Crippen molar-refractivity contribution < 1.29 is 14.1 Å². The smallest absolute Gasteiger partial charge is 0.292 e. The van der Waals surface area contributed by atoms with Crippen LogP contribution in [0.1, 0.15) is 28.6 Å². The Labute approximate surface area is 146 Å². The average molecular weight is 336 g/mol. The third-order valence-corrected chi connectivity index (χ3v) is 3.81. The zero-order valence-corrected chi connectivity index (χ0v) is 14.1. The van der Waals surface area contributed by atoms with Gasteiger partial charge in [-0.3, -0.25) is 4.79 Å². The fourth-order valence-corrected chi connectivity index (χ4v) is 2.45. The van der Waals surface area contributed by atoms with Crippen molar-refractivity contribution in [3.63, 3.8) is 0 Å². The van der Waals surface area contributed by atoms with Crippen LogP contribution in [0.2, 0.25) is 0 Å². The SMILES string of the molecule is CCN(Cc1ccccc1)C(=O)c1cc(OCc2ccccc2)no1. The Balaban J connectivity index is 1.62. The van der Waals surface area contributed by atoms with E-state index >= 15 is 0 Å². The van der Waals surface area contributed by atoms with E-state index in [4.69, 9.17) is 9.26 Å². The summed E-state index contributed by atoms with van der Waals surface area (Å²) in [5.41, 5.74) is 2.09. The van der Waals surface area contributed by atoms with E-state index in [1.165, 1.54) is 0 Å². The lowest BCUT2D eigenvalue weighted by Gasteiger charge is -2.19. The van der Waals surface area contributed by atoms with Crippen LogP contribution in [-0.2, 0) is 13.2 Å². The number of carbonyl (C=O) groups is 1. The van der Waals surface area contributed by atoms with Crippen LogP contribution >= 0.6 is 0 Å². The fraction of sp³-hybridized carbons (Fsp3) is 0.200. The lowest BCUT2D eigenvalue weighted by atomic mass is 10.2. The monoisotopic (exact) mass is 336 g/mol. The van der Waals surface area contributed by atoms with E-state index in [-0.39, 0.29) is 11.7 Å². The topological polar surface area (TPSA) is 55.6 Å². The number of ether oxygens (including phenoxy) is 1. The van der Waals surface area contributed by atoms with Crippen LogP contribution in [0.4, 0.5) is 0 Å². The van der Waals surface area contributed by atoms with Crippen LogP contribution < -0.4 is 4.74 Å². The van der Waals surface area contributed by atoms with E-state index in [9.17, 15) is 4.79 Å². The van der Waals surface area contributed by atoms with Crippen LogP contribution in [0.5, 0.6) is 5.88 Å². The second-order valence-corrected chi connectivity index (χ2v) is 5.61. The van der Waals surface area contributed by atoms with Gasteiger partial charge in [0.2, 0.25) is 5.76 Å². The highest BCUT2D eigenvalue weighted by atomic mass is 16.5. The summed E-state index contributed by atoms with van der Waals surface area (Å²) in [5, 5.41) is 3.83. The summed E-state index contributed by atoms with van der Waals surface area (Å²) in [6.45, 7) is 3.41. The second kappa shape index (κ2) is 8.15. The number of nitrogens with zero attached hydrogens (tertiary/aromatic N) is 2. The number of amides is 1. The van der Waals surface area contributed by atoms with Crippen LogP contribution in [0.3, 0.4) is 0 Å². The van der Waals surface area contributed by atoms with Crippen molar-refractivity contribution in [2.45, 2.75) is 20.1 Å². The molecule has 0 atom stereocenters. The number of hydrogen-bond acceptors (Lipinski definition) is 4. The van der Waals surface area contributed by atoms with Gasteiger partial charge in [0.25, 0.3) is 11.8 Å². The molecule has 0 aliphatic heterocycles. The number of benzene rings is 2. The van der Waals surface area contributed by atoms with Gasteiger partial charge in [0.15, 0.2) is 0 Å². The number of rotatable bonds is 7. The first kappa shape index (κ1) is 16.8. The Kier molecular flexibility index (Phi) is 5.46. The van der Waals surface area contributed by atoms with Crippen molar-refractivity contribution in [3.05, 3.63) is 83.6 Å². The minimum Gasteiger partial charge on any atom is -0.471 e. The molecule has 0 N–H and O–H groups in total. The van der Waals surface area contributed by atoms with Gasteiger partial charge in [-0.15, -0.1) is 0 Å². The molecule has 0 fully saturated rings.